The fourth-order valence-corrected chi connectivity index (χ4v) is 9.98. The van der Waals surface area contributed by atoms with Crippen molar-refractivity contribution in [2.45, 2.75) is 112 Å². The summed E-state index contributed by atoms with van der Waals surface area (Å²) in [6.07, 6.45) is 6.45. The van der Waals surface area contributed by atoms with Crippen LogP contribution in [-0.2, 0) is 9.59 Å². The maximum Gasteiger partial charge on any atom is 0.158 e. The first kappa shape index (κ1) is 25.1. The van der Waals surface area contributed by atoms with E-state index in [4.69, 9.17) is 0 Å². The number of aliphatic hydroxyl groups excluding tert-OH is 1. The second-order valence-corrected chi connectivity index (χ2v) is 14.0. The summed E-state index contributed by atoms with van der Waals surface area (Å²) in [7, 11) is 0. The van der Waals surface area contributed by atoms with Crippen LogP contribution in [0.2, 0.25) is 0 Å². The monoisotopic (exact) mass is 458 g/mol. The highest BCUT2D eigenvalue weighted by Gasteiger charge is 2.73. The Hall–Kier alpha value is -1.00. The molecule has 0 aliphatic heterocycles. The van der Waals surface area contributed by atoms with Crippen LogP contribution in [0.1, 0.15) is 100 Å². The first-order valence-electron chi connectivity index (χ1n) is 13.1. The van der Waals surface area contributed by atoms with Crippen LogP contribution in [-0.4, -0.2) is 33.5 Å². The molecular weight excluding hydrogens is 412 g/mol. The molecule has 4 nitrogen and oxygen atoms in total. The van der Waals surface area contributed by atoms with Crippen LogP contribution in [0.15, 0.2) is 11.6 Å². The lowest BCUT2D eigenvalue weighted by molar-refractivity contribution is -0.222. The molecule has 0 amide bonds. The van der Waals surface area contributed by atoms with Crippen molar-refractivity contribution in [1.82, 2.24) is 0 Å². The number of Topliss-reactive ketones (excluding diaryl/α,β-unsaturated/α-hetero) is 1. The van der Waals surface area contributed by atoms with Crippen LogP contribution in [0.4, 0.5) is 0 Å². The average Bonchev–Trinajstić information content (AvgIpc) is 3.06. The van der Waals surface area contributed by atoms with Crippen molar-refractivity contribution in [2.24, 2.45) is 45.3 Å². The van der Waals surface area contributed by atoms with Crippen molar-refractivity contribution >= 4 is 11.6 Å². The van der Waals surface area contributed by atoms with E-state index in [0.29, 0.717) is 24.5 Å². The molecule has 9 atom stereocenters. The minimum Gasteiger partial charge on any atom is -0.393 e. The summed E-state index contributed by atoms with van der Waals surface area (Å²) in [5.41, 5.74) is -0.734. The largest absolute Gasteiger partial charge is 0.393 e. The molecule has 33 heavy (non-hydrogen) atoms. The zero-order valence-electron chi connectivity index (χ0n) is 22.1. The van der Waals surface area contributed by atoms with E-state index in [1.807, 2.05) is 20.8 Å². The third kappa shape index (κ3) is 3.37. The molecule has 4 rings (SSSR count). The van der Waals surface area contributed by atoms with Crippen LogP contribution >= 0.6 is 0 Å². The molecular formula is C29H46O4. The quantitative estimate of drug-likeness (QED) is 0.546. The summed E-state index contributed by atoms with van der Waals surface area (Å²) in [6, 6.07) is 0. The Kier molecular flexibility index (Phi) is 5.70. The van der Waals surface area contributed by atoms with E-state index in [-0.39, 0.29) is 51.6 Å². The van der Waals surface area contributed by atoms with Crippen molar-refractivity contribution in [1.29, 1.82) is 0 Å². The van der Waals surface area contributed by atoms with Crippen molar-refractivity contribution in [3.63, 3.8) is 0 Å². The molecule has 4 fully saturated rings. The number of fused-ring (bicyclic) bond motifs is 5. The molecule has 0 aromatic rings. The molecule has 0 heterocycles. The predicted molar refractivity (Wildman–Crippen MR) is 130 cm³/mol. The van der Waals surface area contributed by atoms with Crippen molar-refractivity contribution in [2.75, 3.05) is 0 Å². The van der Waals surface area contributed by atoms with Gasteiger partial charge in [-0.3, -0.25) is 9.59 Å². The molecule has 4 saturated carbocycles. The summed E-state index contributed by atoms with van der Waals surface area (Å²) < 4.78 is 0. The van der Waals surface area contributed by atoms with Crippen LogP contribution in [0.25, 0.3) is 0 Å². The van der Waals surface area contributed by atoms with E-state index >= 15 is 0 Å². The molecule has 0 saturated heterocycles. The average molecular weight is 459 g/mol. The van der Waals surface area contributed by atoms with Gasteiger partial charge in [-0.2, -0.15) is 0 Å². The van der Waals surface area contributed by atoms with Crippen molar-refractivity contribution in [3.8, 4) is 0 Å². The van der Waals surface area contributed by atoms with Gasteiger partial charge in [0.25, 0.3) is 0 Å². The predicted octanol–water partition coefficient (Wildman–Crippen LogP) is 5.50. The van der Waals surface area contributed by atoms with Crippen LogP contribution < -0.4 is 0 Å². The van der Waals surface area contributed by atoms with Gasteiger partial charge in [0.1, 0.15) is 5.78 Å². The first-order valence-corrected chi connectivity index (χ1v) is 13.1. The number of hydrogen-bond donors (Lipinski definition) is 2. The number of ketones is 2. The molecule has 0 aromatic carbocycles. The Bertz CT molecular complexity index is 880. The van der Waals surface area contributed by atoms with Crippen molar-refractivity contribution in [3.05, 3.63) is 11.6 Å². The highest BCUT2D eigenvalue weighted by atomic mass is 16.3. The third-order valence-electron chi connectivity index (χ3n) is 11.5. The van der Waals surface area contributed by atoms with Gasteiger partial charge in [-0.15, -0.1) is 0 Å². The summed E-state index contributed by atoms with van der Waals surface area (Å²) in [5, 5.41) is 23.3. The molecule has 4 heteroatoms. The minimum atomic E-state index is -1.08. The molecule has 4 aliphatic carbocycles. The highest BCUT2D eigenvalue weighted by Crippen LogP contribution is 2.76. The summed E-state index contributed by atoms with van der Waals surface area (Å²) in [4.78, 5) is 25.6. The summed E-state index contributed by atoms with van der Waals surface area (Å²) >= 11 is 0. The van der Waals surface area contributed by atoms with E-state index in [1.165, 1.54) is 0 Å². The van der Waals surface area contributed by atoms with Gasteiger partial charge >= 0.3 is 0 Å². The normalized spacial score (nSPS) is 47.8. The third-order valence-corrected chi connectivity index (χ3v) is 11.5. The van der Waals surface area contributed by atoms with Gasteiger partial charge in [0.2, 0.25) is 0 Å². The zero-order valence-corrected chi connectivity index (χ0v) is 22.1. The van der Waals surface area contributed by atoms with E-state index < -0.39 is 11.7 Å². The van der Waals surface area contributed by atoms with Gasteiger partial charge in [0.15, 0.2) is 5.78 Å². The molecule has 0 spiro atoms. The maximum absolute atomic E-state index is 13.1. The molecule has 9 unspecified atom stereocenters. The molecule has 2 N–H and O–H groups in total. The lowest BCUT2D eigenvalue weighted by Crippen LogP contribution is -2.64. The van der Waals surface area contributed by atoms with Gasteiger partial charge in [-0.25, -0.2) is 0 Å². The number of rotatable bonds is 4. The number of carbonyl (C=O) groups is 2. The van der Waals surface area contributed by atoms with E-state index in [0.717, 1.165) is 31.3 Å². The van der Waals surface area contributed by atoms with Crippen LogP contribution in [0.5, 0.6) is 0 Å². The van der Waals surface area contributed by atoms with Gasteiger partial charge in [0.05, 0.1) is 11.7 Å². The van der Waals surface area contributed by atoms with E-state index in [2.05, 4.69) is 34.6 Å². The zero-order chi connectivity index (χ0) is 24.8. The standard InChI is InChI=1S/C29H46O4/c1-17(2)13-18(30)15-29(8,33)19-9-11-27(6)20(19)14-21(31)24-26(5)16-23(32)25(3,4)22(26)10-12-28(24,27)7/h13,19-22,24,31,33H,9-12,14-16H2,1-8H3. The Morgan fingerprint density at radius 3 is 2.30 bits per heavy atom. The maximum atomic E-state index is 13.1. The summed E-state index contributed by atoms with van der Waals surface area (Å²) in [5.74, 6) is 0.904. The number of aliphatic hydroxyl groups is 2. The lowest BCUT2D eigenvalue weighted by atomic mass is 9.38. The smallest absolute Gasteiger partial charge is 0.158 e. The van der Waals surface area contributed by atoms with Gasteiger partial charge in [0, 0.05) is 18.3 Å². The Morgan fingerprint density at radius 1 is 1.09 bits per heavy atom. The molecule has 0 aromatic heterocycles. The molecule has 186 valence electrons. The summed E-state index contributed by atoms with van der Waals surface area (Å²) in [6.45, 7) is 16.9. The van der Waals surface area contributed by atoms with E-state index in [9.17, 15) is 19.8 Å². The number of allylic oxidation sites excluding steroid dienone is 2. The fourth-order valence-electron chi connectivity index (χ4n) is 9.98. The fraction of sp³-hybridized carbons (Fsp3) is 0.862. The van der Waals surface area contributed by atoms with Gasteiger partial charge in [-0.1, -0.05) is 40.2 Å². The SMILES string of the molecule is CC(C)=CC(=O)CC(C)(O)C1CCC2(C)C1CC(O)C1C3(C)CC(=O)C(C)(C)C3CCC12C. The van der Waals surface area contributed by atoms with Crippen molar-refractivity contribution < 1.29 is 19.8 Å². The minimum absolute atomic E-state index is 0.00313. The molecule has 0 bridgehead atoms. The van der Waals surface area contributed by atoms with E-state index in [1.54, 1.807) is 6.08 Å². The molecule has 4 aliphatic rings. The second-order valence-electron chi connectivity index (χ2n) is 14.0. The van der Waals surface area contributed by atoms with Gasteiger partial charge < -0.3 is 10.2 Å². The number of carbonyl (C=O) groups excluding carboxylic acids is 2. The van der Waals surface area contributed by atoms with Gasteiger partial charge in [-0.05, 0) is 98.9 Å². The second kappa shape index (κ2) is 7.50. The highest BCUT2D eigenvalue weighted by molar-refractivity contribution is 5.91. The first-order chi connectivity index (χ1) is 15.0. The Labute approximate surface area is 200 Å². The number of hydrogen-bond acceptors (Lipinski definition) is 4. The van der Waals surface area contributed by atoms with Crippen LogP contribution in [0, 0.1) is 45.3 Å². The molecule has 0 radical (unpaired) electrons. The topological polar surface area (TPSA) is 74.6 Å². The Balaban J connectivity index is 1.68. The lowest BCUT2D eigenvalue weighted by Gasteiger charge is -2.67. The van der Waals surface area contributed by atoms with Crippen LogP contribution in [0.3, 0.4) is 0 Å². The Morgan fingerprint density at radius 2 is 1.70 bits per heavy atom.